The zero-order valence-corrected chi connectivity index (χ0v) is 44.8. The number of carbonyl (C=O) groups is 1. The van der Waals surface area contributed by atoms with Crippen molar-refractivity contribution in [2.75, 3.05) is 40.9 Å². The first kappa shape index (κ1) is 64.2. The second kappa shape index (κ2) is 48.2. The maximum absolute atomic E-state index is 13.0. The van der Waals surface area contributed by atoms with Gasteiger partial charge in [0.15, 0.2) is 0 Å². The van der Waals surface area contributed by atoms with Crippen LogP contribution in [0.1, 0.15) is 245 Å². The van der Waals surface area contributed by atoms with E-state index in [0.717, 1.165) is 77.0 Å². The number of rotatable bonds is 50. The van der Waals surface area contributed by atoms with Crippen molar-refractivity contribution in [3.8, 4) is 0 Å². The maximum atomic E-state index is 13.0. The topological polar surface area (TPSA) is 105 Å². The van der Waals surface area contributed by atoms with Crippen molar-refractivity contribution in [2.45, 2.75) is 257 Å². The van der Waals surface area contributed by atoms with Gasteiger partial charge in [0, 0.05) is 6.42 Å². The van der Waals surface area contributed by atoms with Gasteiger partial charge in [0.25, 0.3) is 0 Å². The highest BCUT2D eigenvalue weighted by Crippen LogP contribution is 2.43. The normalized spacial score (nSPS) is 14.5. The summed E-state index contributed by atoms with van der Waals surface area (Å²) in [4.78, 5) is 23.3. The van der Waals surface area contributed by atoms with E-state index in [4.69, 9.17) is 9.05 Å². The van der Waals surface area contributed by atoms with Crippen molar-refractivity contribution in [3.05, 3.63) is 60.8 Å². The van der Waals surface area contributed by atoms with Crippen LogP contribution in [-0.4, -0.2) is 73.4 Å². The summed E-state index contributed by atoms with van der Waals surface area (Å²) in [6.45, 7) is 4.78. The SMILES string of the molecule is CC/C=C\C/C=C\C/C=C\C/C=C\C/C=C\CCCCCCCCCC(=O)NC(COP(=O)(O)OCC[N+](C)(C)C)C(O)CCCCCCCCCCCCCCCCCCCCCCC. The van der Waals surface area contributed by atoms with E-state index in [1.165, 1.54) is 141 Å². The zero-order chi connectivity index (χ0) is 48.5. The summed E-state index contributed by atoms with van der Waals surface area (Å²) in [5, 5.41) is 14.1. The molecule has 0 heterocycles. The molecule has 0 aliphatic carbocycles. The Labute approximate surface area is 409 Å². The maximum Gasteiger partial charge on any atom is 0.472 e. The third-order valence-corrected chi connectivity index (χ3v) is 13.3. The highest BCUT2D eigenvalue weighted by Gasteiger charge is 2.28. The van der Waals surface area contributed by atoms with E-state index in [-0.39, 0.29) is 19.1 Å². The lowest BCUT2D eigenvalue weighted by Gasteiger charge is -2.26. The molecular weight excluding hydrogens is 840 g/mol. The second-order valence-electron chi connectivity index (χ2n) is 19.9. The first-order valence-electron chi connectivity index (χ1n) is 27.7. The number of nitrogens with zero attached hydrogens (tertiary/aromatic N) is 1. The van der Waals surface area contributed by atoms with Gasteiger partial charge in [-0.2, -0.15) is 0 Å². The van der Waals surface area contributed by atoms with Crippen LogP contribution in [0.5, 0.6) is 0 Å². The largest absolute Gasteiger partial charge is 0.472 e. The predicted molar refractivity (Wildman–Crippen MR) is 286 cm³/mol. The molecule has 1 amide bonds. The third-order valence-electron chi connectivity index (χ3n) is 12.3. The summed E-state index contributed by atoms with van der Waals surface area (Å²) in [5.74, 6) is -0.155. The molecule has 0 saturated heterocycles. The number of likely N-dealkylation sites (N-methyl/N-ethyl adjacent to an activating group) is 1. The summed E-state index contributed by atoms with van der Waals surface area (Å²) < 4.78 is 23.8. The van der Waals surface area contributed by atoms with Crippen LogP contribution in [0.2, 0.25) is 0 Å². The fourth-order valence-electron chi connectivity index (χ4n) is 7.96. The van der Waals surface area contributed by atoms with E-state index in [1.54, 1.807) is 0 Å². The van der Waals surface area contributed by atoms with Gasteiger partial charge >= 0.3 is 7.82 Å². The van der Waals surface area contributed by atoms with Crippen molar-refractivity contribution in [1.82, 2.24) is 5.32 Å². The Morgan fingerprint density at radius 2 is 0.909 bits per heavy atom. The highest BCUT2D eigenvalue weighted by molar-refractivity contribution is 7.47. The van der Waals surface area contributed by atoms with Gasteiger partial charge in [-0.3, -0.25) is 13.8 Å². The van der Waals surface area contributed by atoms with Crippen LogP contribution in [0.3, 0.4) is 0 Å². The molecule has 0 radical (unpaired) electrons. The average Bonchev–Trinajstić information content (AvgIpc) is 3.28. The van der Waals surface area contributed by atoms with Gasteiger partial charge in [-0.25, -0.2) is 4.57 Å². The van der Waals surface area contributed by atoms with Crippen molar-refractivity contribution >= 4 is 13.7 Å². The number of phosphoric acid groups is 1. The molecule has 0 aliphatic heterocycles. The molecule has 386 valence electrons. The first-order chi connectivity index (χ1) is 32.0. The van der Waals surface area contributed by atoms with Crippen LogP contribution in [0, 0.1) is 0 Å². The van der Waals surface area contributed by atoms with Gasteiger partial charge in [-0.05, 0) is 57.8 Å². The minimum absolute atomic E-state index is 0.0700. The lowest BCUT2D eigenvalue weighted by atomic mass is 10.0. The van der Waals surface area contributed by atoms with Gasteiger partial charge in [0.2, 0.25) is 5.91 Å². The molecule has 8 nitrogen and oxygen atoms in total. The number of amides is 1. The molecule has 3 N–H and O–H groups in total. The number of carbonyl (C=O) groups excluding carboxylic acids is 1. The smallest absolute Gasteiger partial charge is 0.391 e. The molecule has 0 fully saturated rings. The summed E-state index contributed by atoms with van der Waals surface area (Å²) in [6, 6.07) is -0.770. The molecule has 0 aromatic heterocycles. The van der Waals surface area contributed by atoms with Crippen LogP contribution in [0.4, 0.5) is 0 Å². The molecule has 0 saturated carbocycles. The van der Waals surface area contributed by atoms with Gasteiger partial charge in [0.1, 0.15) is 13.2 Å². The fraction of sp³-hybridized carbons (Fsp3) is 0.807. The number of quaternary nitrogens is 1. The Morgan fingerprint density at radius 3 is 1.33 bits per heavy atom. The Balaban J connectivity index is 4.25. The quantitative estimate of drug-likeness (QED) is 0.0243. The van der Waals surface area contributed by atoms with Gasteiger partial charge in [-0.1, -0.05) is 242 Å². The van der Waals surface area contributed by atoms with Crippen LogP contribution in [0.15, 0.2) is 60.8 Å². The molecule has 3 atom stereocenters. The number of unbranched alkanes of at least 4 members (excludes halogenated alkanes) is 27. The summed E-state index contributed by atoms with van der Waals surface area (Å²) in [6.07, 6.45) is 64.0. The number of nitrogens with one attached hydrogen (secondary N) is 1. The van der Waals surface area contributed by atoms with E-state index in [9.17, 15) is 19.4 Å². The number of aliphatic hydroxyl groups excluding tert-OH is 1. The first-order valence-corrected chi connectivity index (χ1v) is 29.1. The van der Waals surface area contributed by atoms with Crippen molar-refractivity contribution in [3.63, 3.8) is 0 Å². The zero-order valence-electron chi connectivity index (χ0n) is 43.9. The molecule has 0 aromatic rings. The molecule has 9 heteroatoms. The lowest BCUT2D eigenvalue weighted by molar-refractivity contribution is -0.870. The Bertz CT molecular complexity index is 1260. The van der Waals surface area contributed by atoms with Crippen LogP contribution >= 0.6 is 7.82 Å². The summed E-state index contributed by atoms with van der Waals surface area (Å²) in [7, 11) is 1.60. The number of allylic oxidation sites excluding steroid dienone is 10. The standard InChI is InChI=1S/C57H107N2O6P/c1-6-8-10-12-14-16-18-20-22-24-26-28-29-31-33-35-37-39-41-43-45-47-49-51-57(61)58-55(54-65-66(62,63)64-53-52-59(3,4)5)56(60)50-48-46-44-42-40-38-36-34-32-30-27-25-23-21-19-17-15-13-11-9-7-2/h8,10,14,16,20,22,26,28,31,33,55-56,60H,6-7,9,11-13,15,17-19,21,23-25,27,29-30,32,34-54H2,1-5H3,(H-,58,61,62,63)/p+1/b10-8-,16-14-,22-20-,28-26-,33-31-. The molecule has 3 unspecified atom stereocenters. The van der Waals surface area contributed by atoms with E-state index in [1.807, 2.05) is 21.1 Å². The number of phosphoric ester groups is 1. The Hall–Kier alpha value is -1.80. The van der Waals surface area contributed by atoms with Crippen molar-refractivity contribution < 1.29 is 32.9 Å². The number of aliphatic hydroxyl groups is 1. The molecule has 0 aliphatic rings. The minimum Gasteiger partial charge on any atom is -0.391 e. The van der Waals surface area contributed by atoms with Gasteiger partial charge in [-0.15, -0.1) is 0 Å². The van der Waals surface area contributed by atoms with E-state index < -0.39 is 20.0 Å². The minimum atomic E-state index is -4.33. The lowest BCUT2D eigenvalue weighted by Crippen LogP contribution is -2.46. The monoisotopic (exact) mass is 948 g/mol. The predicted octanol–water partition coefficient (Wildman–Crippen LogP) is 16.5. The Kier molecular flexibility index (Phi) is 46.9. The molecule has 0 spiro atoms. The van der Waals surface area contributed by atoms with Crippen molar-refractivity contribution in [2.24, 2.45) is 0 Å². The van der Waals surface area contributed by atoms with E-state index >= 15 is 0 Å². The van der Waals surface area contributed by atoms with E-state index in [2.05, 4.69) is 79.9 Å². The van der Waals surface area contributed by atoms with Crippen LogP contribution in [0.25, 0.3) is 0 Å². The van der Waals surface area contributed by atoms with Crippen molar-refractivity contribution in [1.29, 1.82) is 0 Å². The van der Waals surface area contributed by atoms with E-state index in [0.29, 0.717) is 23.9 Å². The molecule has 66 heavy (non-hydrogen) atoms. The highest BCUT2D eigenvalue weighted by atomic mass is 31.2. The fourth-order valence-corrected chi connectivity index (χ4v) is 8.69. The second-order valence-corrected chi connectivity index (χ2v) is 21.4. The summed E-state index contributed by atoms with van der Waals surface area (Å²) in [5.41, 5.74) is 0. The molecule has 0 rings (SSSR count). The van der Waals surface area contributed by atoms with Crippen LogP contribution < -0.4 is 5.32 Å². The number of hydrogen-bond donors (Lipinski definition) is 3. The average molecular weight is 948 g/mol. The molecule has 0 aromatic carbocycles. The Morgan fingerprint density at radius 1 is 0.530 bits per heavy atom. The molecule has 0 bridgehead atoms. The van der Waals surface area contributed by atoms with Gasteiger partial charge in [0.05, 0.1) is 39.9 Å². The van der Waals surface area contributed by atoms with Gasteiger partial charge < -0.3 is 19.8 Å². The molecular formula is C57H108N2O6P+. The third kappa shape index (κ3) is 50.1. The summed E-state index contributed by atoms with van der Waals surface area (Å²) >= 11 is 0. The number of hydrogen-bond acceptors (Lipinski definition) is 5. The van der Waals surface area contributed by atoms with Crippen LogP contribution in [-0.2, 0) is 18.4 Å².